The molecule has 3 N–H and O–H groups in total. The number of rotatable bonds is 10. The van der Waals surface area contributed by atoms with Crippen molar-refractivity contribution in [3.05, 3.63) is 59.7 Å². The van der Waals surface area contributed by atoms with Crippen LogP contribution in [0.1, 0.15) is 87.1 Å². The number of aliphatic hydroxyl groups excluding tert-OH is 1. The van der Waals surface area contributed by atoms with Crippen LogP contribution in [0.25, 0.3) is 0 Å². The first kappa shape index (κ1) is 31.2. The lowest BCUT2D eigenvalue weighted by Gasteiger charge is -2.61. The smallest absolute Gasteiger partial charge is 0.335 e. The van der Waals surface area contributed by atoms with Crippen molar-refractivity contribution >= 4 is 17.8 Å². The van der Waals surface area contributed by atoms with Gasteiger partial charge in [0.25, 0.3) is 0 Å². The van der Waals surface area contributed by atoms with Crippen LogP contribution in [0.3, 0.4) is 0 Å². The van der Waals surface area contributed by atoms with E-state index in [1.165, 1.54) is 18.6 Å². The van der Waals surface area contributed by atoms with Gasteiger partial charge in [-0.3, -0.25) is 14.5 Å². The fourth-order valence-electron chi connectivity index (χ4n) is 9.83. The minimum atomic E-state index is -0.971. The summed E-state index contributed by atoms with van der Waals surface area (Å²) in [6.07, 6.45) is 8.73. The van der Waals surface area contributed by atoms with Crippen molar-refractivity contribution in [2.45, 2.75) is 95.4 Å². The number of nitrogens with one attached hydrogen (secondary N) is 1. The number of aromatic carboxylic acids is 1. The Morgan fingerprint density at radius 1 is 0.957 bits per heavy atom. The van der Waals surface area contributed by atoms with Crippen LogP contribution in [0.4, 0.5) is 0 Å². The molecule has 4 bridgehead atoms. The van der Waals surface area contributed by atoms with Crippen molar-refractivity contribution < 1.29 is 29.3 Å². The summed E-state index contributed by atoms with van der Waals surface area (Å²) in [5, 5.41) is 23.7. The lowest BCUT2D eigenvalue weighted by Crippen LogP contribution is -2.73. The number of carboxylic acid groups (broad SMARTS) is 1. The standard InChI is InChI=1S/C37H47N3O6/c1-2-3-14-40-33(42)31(22-36-20-25-17-26(21-36)19-28(18-25)32(36)41)38-35(45)37(40)12-15-39(16-13-37)23-24-4-8-29(9-5-24)46-30-10-6-27(7-11-30)34(43)44/h4-11,25-26,28,31-32,41H,2-3,12-23H2,1H3,(H,38,45)(H,43,44)/t25-,26-,28?,31-,32-,36?/m1/s1. The summed E-state index contributed by atoms with van der Waals surface area (Å²) >= 11 is 0. The lowest BCUT2D eigenvalue weighted by atomic mass is 9.47. The molecule has 2 amide bonds. The van der Waals surface area contributed by atoms with E-state index in [1.54, 1.807) is 12.1 Å². The molecule has 4 saturated carbocycles. The van der Waals surface area contributed by atoms with Gasteiger partial charge < -0.3 is 25.2 Å². The second-order valence-electron chi connectivity index (χ2n) is 14.9. The summed E-state index contributed by atoms with van der Waals surface area (Å²) in [5.41, 5.74) is 0.295. The number of hydrogen-bond acceptors (Lipinski definition) is 6. The van der Waals surface area contributed by atoms with Gasteiger partial charge in [-0.1, -0.05) is 25.5 Å². The van der Waals surface area contributed by atoms with Gasteiger partial charge in [0.1, 0.15) is 23.1 Å². The van der Waals surface area contributed by atoms with Crippen LogP contribution >= 0.6 is 0 Å². The van der Waals surface area contributed by atoms with Crippen molar-refractivity contribution in [2.75, 3.05) is 19.6 Å². The number of amides is 2. The quantitative estimate of drug-likeness (QED) is 0.330. The topological polar surface area (TPSA) is 119 Å². The van der Waals surface area contributed by atoms with Gasteiger partial charge in [-0.15, -0.1) is 0 Å². The maximum Gasteiger partial charge on any atom is 0.335 e. The van der Waals surface area contributed by atoms with E-state index in [2.05, 4.69) is 17.1 Å². The molecule has 4 atom stereocenters. The van der Waals surface area contributed by atoms with Crippen molar-refractivity contribution in [1.29, 1.82) is 0 Å². The van der Waals surface area contributed by atoms with E-state index in [1.807, 2.05) is 29.2 Å². The molecule has 2 aromatic carbocycles. The molecule has 0 radical (unpaired) electrons. The Morgan fingerprint density at radius 2 is 1.59 bits per heavy atom. The first-order chi connectivity index (χ1) is 22.2. The summed E-state index contributed by atoms with van der Waals surface area (Å²) in [6.45, 7) is 4.90. The molecule has 6 fully saturated rings. The summed E-state index contributed by atoms with van der Waals surface area (Å²) in [4.78, 5) is 43.7. The summed E-state index contributed by atoms with van der Waals surface area (Å²) in [6, 6.07) is 13.7. The van der Waals surface area contributed by atoms with Crippen LogP contribution in [0.5, 0.6) is 11.5 Å². The van der Waals surface area contributed by atoms with Crippen molar-refractivity contribution in [3.8, 4) is 11.5 Å². The lowest BCUT2D eigenvalue weighted by molar-refractivity contribution is -0.175. The monoisotopic (exact) mass is 629 g/mol. The number of carbonyl (C=O) groups is 3. The fourth-order valence-corrected chi connectivity index (χ4v) is 9.83. The second kappa shape index (κ2) is 12.3. The Bertz CT molecular complexity index is 1440. The Balaban J connectivity index is 0.988. The molecule has 46 heavy (non-hydrogen) atoms. The molecule has 0 unspecified atom stereocenters. The molecule has 2 aliphatic heterocycles. The van der Waals surface area contributed by atoms with Crippen LogP contribution in [-0.4, -0.2) is 75.1 Å². The van der Waals surface area contributed by atoms with Gasteiger partial charge in [-0.2, -0.15) is 0 Å². The van der Waals surface area contributed by atoms with Gasteiger partial charge in [0.05, 0.1) is 11.7 Å². The number of ether oxygens (including phenoxy) is 1. The Kier molecular flexibility index (Phi) is 8.34. The molecule has 9 nitrogen and oxygen atoms in total. The van der Waals surface area contributed by atoms with Crippen LogP contribution in [0, 0.1) is 23.2 Å². The predicted molar refractivity (Wildman–Crippen MR) is 172 cm³/mol. The highest BCUT2D eigenvalue weighted by molar-refractivity contribution is 6.00. The van der Waals surface area contributed by atoms with E-state index in [0.717, 1.165) is 63.7 Å². The molecule has 4 aliphatic carbocycles. The summed E-state index contributed by atoms with van der Waals surface area (Å²) in [7, 11) is 0. The number of piperidine rings is 1. The zero-order valence-corrected chi connectivity index (χ0v) is 26.8. The number of nitrogens with zero attached hydrogens (tertiary/aromatic N) is 2. The normalized spacial score (nSPS) is 31.7. The highest BCUT2D eigenvalue weighted by Gasteiger charge is 2.60. The van der Waals surface area contributed by atoms with Crippen LogP contribution in [0.15, 0.2) is 48.5 Å². The average molecular weight is 630 g/mol. The van der Waals surface area contributed by atoms with Crippen molar-refractivity contribution in [3.63, 3.8) is 0 Å². The van der Waals surface area contributed by atoms with Gasteiger partial charge in [0.15, 0.2) is 0 Å². The third-order valence-corrected chi connectivity index (χ3v) is 11.9. The molecule has 2 heterocycles. The molecular weight excluding hydrogens is 582 g/mol. The number of hydrogen-bond donors (Lipinski definition) is 3. The number of carbonyl (C=O) groups excluding carboxylic acids is 2. The number of aliphatic hydroxyl groups is 1. The van der Waals surface area contributed by atoms with Crippen LogP contribution < -0.4 is 10.1 Å². The van der Waals surface area contributed by atoms with E-state index in [-0.39, 0.29) is 28.9 Å². The maximum atomic E-state index is 14.2. The maximum absolute atomic E-state index is 14.2. The molecule has 8 rings (SSSR count). The van der Waals surface area contributed by atoms with Gasteiger partial charge in [-0.05, 0) is 123 Å². The molecule has 0 aromatic heterocycles. The Morgan fingerprint density at radius 3 is 2.20 bits per heavy atom. The molecule has 1 spiro atoms. The molecule has 2 saturated heterocycles. The summed E-state index contributed by atoms with van der Waals surface area (Å²) < 4.78 is 5.89. The van der Waals surface area contributed by atoms with Crippen LogP contribution in [-0.2, 0) is 16.1 Å². The number of benzene rings is 2. The summed E-state index contributed by atoms with van der Waals surface area (Å²) in [5.74, 6) is 1.98. The van der Waals surface area contributed by atoms with Crippen molar-refractivity contribution in [2.24, 2.45) is 23.2 Å². The highest BCUT2D eigenvalue weighted by Crippen LogP contribution is 2.62. The zero-order valence-electron chi connectivity index (χ0n) is 26.8. The first-order valence-corrected chi connectivity index (χ1v) is 17.3. The molecular formula is C37H47N3O6. The minimum absolute atomic E-state index is 0.00930. The first-order valence-electron chi connectivity index (χ1n) is 17.3. The third-order valence-electron chi connectivity index (χ3n) is 11.9. The second-order valence-corrected chi connectivity index (χ2v) is 14.9. The highest BCUT2D eigenvalue weighted by atomic mass is 16.5. The largest absolute Gasteiger partial charge is 0.478 e. The number of carboxylic acids is 1. The molecule has 246 valence electrons. The van der Waals surface area contributed by atoms with Gasteiger partial charge in [0, 0.05) is 26.2 Å². The number of likely N-dealkylation sites (tertiary alicyclic amines) is 1. The third kappa shape index (κ3) is 5.70. The Labute approximate surface area is 271 Å². The average Bonchev–Trinajstić information content (AvgIpc) is 3.04. The van der Waals surface area contributed by atoms with E-state index in [0.29, 0.717) is 55.1 Å². The van der Waals surface area contributed by atoms with Crippen molar-refractivity contribution in [1.82, 2.24) is 15.1 Å². The van der Waals surface area contributed by atoms with Gasteiger partial charge in [0.2, 0.25) is 11.8 Å². The fraction of sp³-hybridized carbons (Fsp3) is 0.595. The van der Waals surface area contributed by atoms with Crippen LogP contribution in [0.2, 0.25) is 0 Å². The number of piperazine rings is 1. The Hall–Kier alpha value is -3.43. The predicted octanol–water partition coefficient (Wildman–Crippen LogP) is 5.22. The number of unbranched alkanes of at least 4 members (excludes halogenated alkanes) is 1. The van der Waals surface area contributed by atoms with Gasteiger partial charge >= 0.3 is 5.97 Å². The van der Waals surface area contributed by atoms with E-state index in [4.69, 9.17) is 9.84 Å². The minimum Gasteiger partial charge on any atom is -0.478 e. The SMILES string of the molecule is CCCCN1C(=O)[C@@H](CC23C[C@H]4CC(C[C@@H](C4)C2)[C@H]3O)NC(=O)C12CCN(Cc1ccc(Oc3ccc(C(=O)O)cc3)cc1)CC2. The zero-order chi connectivity index (χ0) is 32.1. The van der Waals surface area contributed by atoms with E-state index < -0.39 is 17.6 Å². The molecule has 6 aliphatic rings. The molecule has 9 heteroatoms. The van der Waals surface area contributed by atoms with E-state index >= 15 is 0 Å². The van der Waals surface area contributed by atoms with Gasteiger partial charge in [-0.25, -0.2) is 4.79 Å². The molecule has 2 aromatic rings. The van der Waals surface area contributed by atoms with E-state index in [9.17, 15) is 19.5 Å².